The van der Waals surface area contributed by atoms with Gasteiger partial charge in [0.2, 0.25) is 0 Å². The van der Waals surface area contributed by atoms with Crippen LogP contribution in [0, 0.1) is 5.82 Å². The second-order valence-electron chi connectivity index (χ2n) is 5.92. The highest BCUT2D eigenvalue weighted by atomic mass is 19.1. The van der Waals surface area contributed by atoms with Crippen molar-refractivity contribution >= 4 is 22.6 Å². The Labute approximate surface area is 144 Å². The maximum absolute atomic E-state index is 13.1. The van der Waals surface area contributed by atoms with E-state index in [1.165, 1.54) is 12.1 Å². The zero-order valence-corrected chi connectivity index (χ0v) is 13.4. The number of H-pyrrole nitrogens is 1. The number of carbonyl (C=O) groups excluding carboxylic acids is 1. The molecule has 3 aromatic rings. The van der Waals surface area contributed by atoms with Crippen LogP contribution in [0.1, 0.15) is 12.8 Å². The summed E-state index contributed by atoms with van der Waals surface area (Å²) in [7, 11) is 0. The summed E-state index contributed by atoms with van der Waals surface area (Å²) in [5.74, 6) is 0.265. The maximum atomic E-state index is 13.1. The van der Waals surface area contributed by atoms with E-state index in [0.717, 1.165) is 29.4 Å². The number of hydrogen-bond donors (Lipinski definition) is 2. The van der Waals surface area contributed by atoms with Gasteiger partial charge >= 0.3 is 0 Å². The molecule has 4 rings (SSSR count). The molecule has 124 valence electrons. The molecule has 0 bridgehead atoms. The average Bonchev–Trinajstić information content (AvgIpc) is 3.06. The van der Waals surface area contributed by atoms with E-state index in [2.05, 4.69) is 15.3 Å². The Bertz CT molecular complexity index is 999. The summed E-state index contributed by atoms with van der Waals surface area (Å²) in [6, 6.07) is 11.7. The fourth-order valence-electron chi connectivity index (χ4n) is 2.82. The molecule has 1 heterocycles. The lowest BCUT2D eigenvalue weighted by atomic mass is 10.1. The van der Waals surface area contributed by atoms with E-state index in [9.17, 15) is 9.18 Å². The van der Waals surface area contributed by atoms with Crippen molar-refractivity contribution in [1.82, 2.24) is 9.97 Å². The molecule has 25 heavy (non-hydrogen) atoms. The quantitative estimate of drug-likeness (QED) is 0.737. The molecule has 1 aliphatic carbocycles. The fraction of sp³-hybridized carbons (Fsp3) is 0.100. The SMILES string of the molecule is O=C(Nc1ccc2nc(-c3ccc(F)cc3)[nH]c2c1)C1=CCCC=C1. The molecule has 0 unspecified atom stereocenters. The smallest absolute Gasteiger partial charge is 0.255 e. The van der Waals surface area contributed by atoms with Crippen molar-refractivity contribution < 1.29 is 9.18 Å². The monoisotopic (exact) mass is 333 g/mol. The van der Waals surface area contributed by atoms with Gasteiger partial charge in [-0.05, 0) is 55.3 Å². The third-order valence-corrected chi connectivity index (χ3v) is 4.11. The normalized spacial score (nSPS) is 13.7. The number of anilines is 1. The molecule has 0 saturated carbocycles. The first-order valence-corrected chi connectivity index (χ1v) is 8.13. The topological polar surface area (TPSA) is 57.8 Å². The summed E-state index contributed by atoms with van der Waals surface area (Å²) in [5.41, 5.74) is 3.79. The van der Waals surface area contributed by atoms with E-state index in [-0.39, 0.29) is 11.7 Å². The van der Waals surface area contributed by atoms with E-state index in [4.69, 9.17) is 0 Å². The fourth-order valence-corrected chi connectivity index (χ4v) is 2.82. The highest BCUT2D eigenvalue weighted by Gasteiger charge is 2.10. The Morgan fingerprint density at radius 1 is 1.12 bits per heavy atom. The number of allylic oxidation sites excluding steroid dienone is 2. The summed E-state index contributed by atoms with van der Waals surface area (Å²) < 4.78 is 13.1. The van der Waals surface area contributed by atoms with Crippen molar-refractivity contribution in [3.63, 3.8) is 0 Å². The van der Waals surface area contributed by atoms with E-state index >= 15 is 0 Å². The summed E-state index contributed by atoms with van der Waals surface area (Å²) in [6.07, 6.45) is 7.65. The van der Waals surface area contributed by atoms with Crippen LogP contribution in [0.2, 0.25) is 0 Å². The van der Waals surface area contributed by atoms with Crippen LogP contribution in [0.5, 0.6) is 0 Å². The number of nitrogens with zero attached hydrogens (tertiary/aromatic N) is 1. The molecule has 2 aromatic carbocycles. The van der Waals surface area contributed by atoms with Gasteiger partial charge in [0.05, 0.1) is 11.0 Å². The van der Waals surface area contributed by atoms with Crippen molar-refractivity contribution in [3.8, 4) is 11.4 Å². The Hall–Kier alpha value is -3.21. The number of carbonyl (C=O) groups is 1. The first kappa shape index (κ1) is 15.3. The van der Waals surface area contributed by atoms with Gasteiger partial charge in [-0.2, -0.15) is 0 Å². The van der Waals surface area contributed by atoms with Crippen molar-refractivity contribution in [2.75, 3.05) is 5.32 Å². The number of rotatable bonds is 3. The molecule has 0 aliphatic heterocycles. The van der Waals surface area contributed by atoms with Crippen molar-refractivity contribution in [2.24, 2.45) is 0 Å². The maximum Gasteiger partial charge on any atom is 0.255 e. The predicted molar refractivity (Wildman–Crippen MR) is 96.6 cm³/mol. The Balaban J connectivity index is 1.60. The summed E-state index contributed by atoms with van der Waals surface area (Å²) >= 11 is 0. The summed E-state index contributed by atoms with van der Waals surface area (Å²) in [4.78, 5) is 20.0. The molecule has 2 N–H and O–H groups in total. The molecule has 0 radical (unpaired) electrons. The van der Waals surface area contributed by atoms with Gasteiger partial charge in [-0.25, -0.2) is 9.37 Å². The van der Waals surface area contributed by atoms with Crippen molar-refractivity contribution in [3.05, 3.63) is 72.1 Å². The van der Waals surface area contributed by atoms with Crippen LogP contribution in [0.25, 0.3) is 22.4 Å². The van der Waals surface area contributed by atoms with Gasteiger partial charge in [0.15, 0.2) is 0 Å². The van der Waals surface area contributed by atoms with E-state index < -0.39 is 0 Å². The minimum Gasteiger partial charge on any atom is -0.338 e. The second-order valence-corrected chi connectivity index (χ2v) is 5.92. The number of fused-ring (bicyclic) bond motifs is 1. The molecular weight excluding hydrogens is 317 g/mol. The molecule has 0 atom stereocenters. The zero-order valence-electron chi connectivity index (χ0n) is 13.4. The predicted octanol–water partition coefficient (Wildman–Crippen LogP) is 4.58. The molecule has 1 aromatic heterocycles. The van der Waals surface area contributed by atoms with Crippen LogP contribution in [-0.4, -0.2) is 15.9 Å². The molecule has 0 fully saturated rings. The minimum atomic E-state index is -0.282. The number of benzene rings is 2. The summed E-state index contributed by atoms with van der Waals surface area (Å²) in [6.45, 7) is 0. The Kier molecular flexibility index (Phi) is 3.90. The van der Waals surface area contributed by atoms with Gasteiger partial charge in [0.25, 0.3) is 5.91 Å². The van der Waals surface area contributed by atoms with Gasteiger partial charge in [-0.15, -0.1) is 0 Å². The van der Waals surface area contributed by atoms with E-state index in [1.54, 1.807) is 12.1 Å². The molecule has 0 saturated heterocycles. The lowest BCUT2D eigenvalue weighted by Crippen LogP contribution is -2.14. The number of halogens is 1. The van der Waals surface area contributed by atoms with Crippen LogP contribution in [-0.2, 0) is 4.79 Å². The van der Waals surface area contributed by atoms with E-state index in [0.29, 0.717) is 17.1 Å². The first-order valence-electron chi connectivity index (χ1n) is 8.13. The Morgan fingerprint density at radius 2 is 1.96 bits per heavy atom. The molecule has 4 nitrogen and oxygen atoms in total. The standard InChI is InChI=1S/C20H16FN3O/c21-15-8-6-13(7-9-15)19-23-17-11-10-16(12-18(17)24-19)22-20(25)14-4-2-1-3-5-14/h2,4-12H,1,3H2,(H,22,25)(H,23,24). The zero-order chi connectivity index (χ0) is 17.2. The first-order chi connectivity index (χ1) is 12.2. The van der Waals surface area contributed by atoms with Gasteiger partial charge in [0.1, 0.15) is 11.6 Å². The molecular formula is C20H16FN3O. The third kappa shape index (κ3) is 3.21. The number of nitrogens with one attached hydrogen (secondary N) is 2. The molecule has 1 amide bonds. The minimum absolute atomic E-state index is 0.117. The van der Waals surface area contributed by atoms with Crippen LogP contribution >= 0.6 is 0 Å². The lowest BCUT2D eigenvalue weighted by molar-refractivity contribution is -0.112. The average molecular weight is 333 g/mol. The van der Waals surface area contributed by atoms with Crippen molar-refractivity contribution in [2.45, 2.75) is 12.8 Å². The number of amides is 1. The van der Waals surface area contributed by atoms with Gasteiger partial charge in [-0.1, -0.05) is 18.2 Å². The van der Waals surface area contributed by atoms with Crippen LogP contribution in [0.3, 0.4) is 0 Å². The second kappa shape index (κ2) is 6.36. The number of imidazole rings is 1. The van der Waals surface area contributed by atoms with Gasteiger partial charge in [0, 0.05) is 16.8 Å². The summed E-state index contributed by atoms with van der Waals surface area (Å²) in [5, 5.41) is 2.90. The number of aromatic amines is 1. The largest absolute Gasteiger partial charge is 0.338 e. The number of hydrogen-bond acceptors (Lipinski definition) is 2. The van der Waals surface area contributed by atoms with Gasteiger partial charge < -0.3 is 10.3 Å². The molecule has 5 heteroatoms. The third-order valence-electron chi connectivity index (χ3n) is 4.11. The van der Waals surface area contributed by atoms with Crippen LogP contribution in [0.15, 0.2) is 66.3 Å². The van der Waals surface area contributed by atoms with E-state index in [1.807, 2.05) is 36.4 Å². The highest BCUT2D eigenvalue weighted by Crippen LogP contribution is 2.23. The van der Waals surface area contributed by atoms with Gasteiger partial charge in [-0.3, -0.25) is 4.79 Å². The van der Waals surface area contributed by atoms with Crippen molar-refractivity contribution in [1.29, 1.82) is 0 Å². The molecule has 0 spiro atoms. The highest BCUT2D eigenvalue weighted by molar-refractivity contribution is 6.06. The van der Waals surface area contributed by atoms with Crippen LogP contribution < -0.4 is 5.32 Å². The number of aromatic nitrogens is 2. The molecule has 1 aliphatic rings. The van der Waals surface area contributed by atoms with Crippen LogP contribution in [0.4, 0.5) is 10.1 Å². The lowest BCUT2D eigenvalue weighted by Gasteiger charge is -2.08. The Morgan fingerprint density at radius 3 is 2.72 bits per heavy atom.